The molecule has 0 saturated carbocycles. The molecule has 1 aliphatic heterocycles. The first-order chi connectivity index (χ1) is 13.9. The summed E-state index contributed by atoms with van der Waals surface area (Å²) in [6.07, 6.45) is -0.305. The van der Waals surface area contributed by atoms with Crippen LogP contribution < -0.4 is 10.1 Å². The minimum atomic E-state index is -1.39. The topological polar surface area (TPSA) is 82.0 Å². The number of likely N-dealkylation sites (tertiary alicyclic amines) is 1. The van der Waals surface area contributed by atoms with Crippen LogP contribution in [-0.2, 0) is 17.8 Å². The van der Waals surface area contributed by atoms with Crippen LogP contribution in [0.2, 0.25) is 5.02 Å². The SMILES string of the molecule is COc1ccc(CNC[C@@]2(O)CN(C(=O)Cc3ccc(Cl)cc3)CC[C@@H]2O)cc1. The summed E-state index contributed by atoms with van der Waals surface area (Å²) in [7, 11) is 1.62. The van der Waals surface area contributed by atoms with Gasteiger partial charge in [-0.25, -0.2) is 0 Å². The summed E-state index contributed by atoms with van der Waals surface area (Å²) >= 11 is 5.89. The van der Waals surface area contributed by atoms with Crippen LogP contribution in [0, 0.1) is 0 Å². The van der Waals surface area contributed by atoms with Crippen molar-refractivity contribution in [3.63, 3.8) is 0 Å². The number of carbonyl (C=O) groups is 1. The monoisotopic (exact) mass is 418 g/mol. The second-order valence-electron chi connectivity index (χ2n) is 7.48. The van der Waals surface area contributed by atoms with Crippen LogP contribution in [0.3, 0.4) is 0 Å². The maximum Gasteiger partial charge on any atom is 0.227 e. The van der Waals surface area contributed by atoms with Gasteiger partial charge in [-0.2, -0.15) is 0 Å². The number of aliphatic hydroxyl groups is 2. The van der Waals surface area contributed by atoms with Crippen molar-refractivity contribution in [1.82, 2.24) is 10.2 Å². The van der Waals surface area contributed by atoms with Crippen molar-refractivity contribution < 1.29 is 19.7 Å². The van der Waals surface area contributed by atoms with E-state index in [4.69, 9.17) is 16.3 Å². The number of aliphatic hydroxyl groups excluding tert-OH is 1. The van der Waals surface area contributed by atoms with Crippen molar-refractivity contribution >= 4 is 17.5 Å². The van der Waals surface area contributed by atoms with E-state index in [1.807, 2.05) is 36.4 Å². The molecule has 0 aliphatic carbocycles. The zero-order chi connectivity index (χ0) is 20.9. The van der Waals surface area contributed by atoms with Gasteiger partial charge in [0.05, 0.1) is 26.2 Å². The molecule has 0 unspecified atom stereocenters. The third-order valence-corrected chi connectivity index (χ3v) is 5.55. The number of benzene rings is 2. The smallest absolute Gasteiger partial charge is 0.227 e. The summed E-state index contributed by atoms with van der Waals surface area (Å²) in [5, 5.41) is 25.1. The molecule has 1 fully saturated rings. The van der Waals surface area contributed by atoms with E-state index < -0.39 is 11.7 Å². The minimum absolute atomic E-state index is 0.0761. The number of nitrogens with zero attached hydrogens (tertiary/aromatic N) is 1. The number of piperidine rings is 1. The Balaban J connectivity index is 1.55. The fraction of sp³-hybridized carbons (Fsp3) is 0.409. The number of amides is 1. The number of hydrogen-bond donors (Lipinski definition) is 3. The number of hydrogen-bond acceptors (Lipinski definition) is 5. The first-order valence-electron chi connectivity index (χ1n) is 9.66. The molecule has 0 aromatic heterocycles. The van der Waals surface area contributed by atoms with Gasteiger partial charge < -0.3 is 25.2 Å². The van der Waals surface area contributed by atoms with Gasteiger partial charge in [-0.3, -0.25) is 4.79 Å². The second-order valence-corrected chi connectivity index (χ2v) is 7.91. The third kappa shape index (κ3) is 5.70. The number of rotatable bonds is 7. The molecule has 0 spiro atoms. The highest BCUT2D eigenvalue weighted by Gasteiger charge is 2.42. The molecule has 2 aromatic carbocycles. The quantitative estimate of drug-likeness (QED) is 0.640. The fourth-order valence-corrected chi connectivity index (χ4v) is 3.63. The number of halogens is 1. The summed E-state index contributed by atoms with van der Waals surface area (Å²) in [6, 6.07) is 14.8. The molecule has 2 aromatic rings. The average Bonchev–Trinajstić information content (AvgIpc) is 2.72. The van der Waals surface area contributed by atoms with Crippen molar-refractivity contribution in [3.8, 4) is 5.75 Å². The lowest BCUT2D eigenvalue weighted by Crippen LogP contribution is -2.62. The Bertz CT molecular complexity index is 813. The van der Waals surface area contributed by atoms with E-state index in [-0.39, 0.29) is 25.4 Å². The summed E-state index contributed by atoms with van der Waals surface area (Å²) in [4.78, 5) is 14.3. The van der Waals surface area contributed by atoms with Gasteiger partial charge in [0, 0.05) is 24.7 Å². The summed E-state index contributed by atoms with van der Waals surface area (Å²) in [5.74, 6) is 0.706. The molecule has 29 heavy (non-hydrogen) atoms. The summed E-state index contributed by atoms with van der Waals surface area (Å²) in [6.45, 7) is 1.24. The van der Waals surface area contributed by atoms with Gasteiger partial charge in [0.2, 0.25) is 5.91 Å². The highest BCUT2D eigenvalue weighted by atomic mass is 35.5. The predicted molar refractivity (Wildman–Crippen MR) is 112 cm³/mol. The molecular formula is C22H27ClN2O4. The number of carbonyl (C=O) groups excluding carboxylic acids is 1. The fourth-order valence-electron chi connectivity index (χ4n) is 3.50. The van der Waals surface area contributed by atoms with Gasteiger partial charge in [-0.05, 0) is 41.8 Å². The molecule has 6 nitrogen and oxygen atoms in total. The number of β-amino-alcohol motifs (C(OH)–C–C–N with tert-alkyl or cyclic N) is 1. The molecule has 2 atom stereocenters. The third-order valence-electron chi connectivity index (χ3n) is 5.30. The van der Waals surface area contributed by atoms with Crippen molar-refractivity contribution in [2.24, 2.45) is 0 Å². The van der Waals surface area contributed by atoms with Gasteiger partial charge in [0.25, 0.3) is 0 Å². The Morgan fingerprint density at radius 3 is 2.52 bits per heavy atom. The molecule has 3 rings (SSSR count). The van der Waals surface area contributed by atoms with E-state index in [9.17, 15) is 15.0 Å². The Kier molecular flexibility index (Phi) is 7.14. The highest BCUT2D eigenvalue weighted by Crippen LogP contribution is 2.23. The van der Waals surface area contributed by atoms with E-state index in [1.165, 1.54) is 0 Å². The first-order valence-corrected chi connectivity index (χ1v) is 10.0. The Morgan fingerprint density at radius 1 is 1.21 bits per heavy atom. The zero-order valence-electron chi connectivity index (χ0n) is 16.5. The van der Waals surface area contributed by atoms with Gasteiger partial charge in [-0.1, -0.05) is 35.9 Å². The van der Waals surface area contributed by atoms with Crippen LogP contribution in [0.5, 0.6) is 5.75 Å². The molecular weight excluding hydrogens is 392 g/mol. The molecule has 7 heteroatoms. The van der Waals surface area contributed by atoms with E-state index in [2.05, 4.69) is 5.32 Å². The molecule has 3 N–H and O–H groups in total. The molecule has 156 valence electrons. The Hall–Kier alpha value is -2.12. The standard InChI is InChI=1S/C22H27ClN2O4/c1-29-19-8-4-17(5-9-19)13-24-14-22(28)15-25(11-10-20(22)26)21(27)12-16-2-6-18(23)7-3-16/h2-9,20,24,26,28H,10-15H2,1H3/t20-,22+/m0/s1. The van der Waals surface area contributed by atoms with Crippen molar-refractivity contribution in [1.29, 1.82) is 0 Å². The van der Waals surface area contributed by atoms with Crippen LogP contribution in [0.4, 0.5) is 0 Å². The molecule has 1 amide bonds. The lowest BCUT2D eigenvalue weighted by atomic mass is 9.89. The summed E-state index contributed by atoms with van der Waals surface area (Å²) in [5.41, 5.74) is 0.516. The largest absolute Gasteiger partial charge is 0.497 e. The Morgan fingerprint density at radius 2 is 1.86 bits per heavy atom. The molecule has 0 radical (unpaired) electrons. The van der Waals surface area contributed by atoms with Gasteiger partial charge in [-0.15, -0.1) is 0 Å². The van der Waals surface area contributed by atoms with Crippen LogP contribution >= 0.6 is 11.6 Å². The maximum atomic E-state index is 12.7. The van der Waals surface area contributed by atoms with Gasteiger partial charge in [0.15, 0.2) is 0 Å². The van der Waals surface area contributed by atoms with Crippen molar-refractivity contribution in [2.75, 3.05) is 26.7 Å². The van der Waals surface area contributed by atoms with Crippen LogP contribution in [0.1, 0.15) is 17.5 Å². The normalized spacial score (nSPS) is 21.8. The molecule has 1 aliphatic rings. The lowest BCUT2D eigenvalue weighted by molar-refractivity contribution is -0.150. The van der Waals surface area contributed by atoms with Gasteiger partial charge in [0.1, 0.15) is 11.4 Å². The Labute approximate surface area is 176 Å². The van der Waals surface area contributed by atoms with E-state index in [0.717, 1.165) is 16.9 Å². The van der Waals surface area contributed by atoms with Crippen molar-refractivity contribution in [2.45, 2.75) is 31.1 Å². The molecule has 0 bridgehead atoms. The highest BCUT2D eigenvalue weighted by molar-refractivity contribution is 6.30. The maximum absolute atomic E-state index is 12.7. The molecule has 1 saturated heterocycles. The van der Waals surface area contributed by atoms with Crippen LogP contribution in [-0.4, -0.2) is 59.5 Å². The summed E-state index contributed by atoms with van der Waals surface area (Å²) < 4.78 is 5.14. The lowest BCUT2D eigenvalue weighted by Gasteiger charge is -2.43. The van der Waals surface area contributed by atoms with E-state index in [1.54, 1.807) is 24.1 Å². The van der Waals surface area contributed by atoms with Gasteiger partial charge >= 0.3 is 0 Å². The minimum Gasteiger partial charge on any atom is -0.497 e. The van der Waals surface area contributed by atoms with Crippen LogP contribution in [0.15, 0.2) is 48.5 Å². The zero-order valence-corrected chi connectivity index (χ0v) is 17.2. The molecule has 1 heterocycles. The van der Waals surface area contributed by atoms with Crippen molar-refractivity contribution in [3.05, 3.63) is 64.7 Å². The first kappa shape index (κ1) is 21.6. The van der Waals surface area contributed by atoms with E-state index >= 15 is 0 Å². The number of nitrogens with one attached hydrogen (secondary N) is 1. The number of ether oxygens (including phenoxy) is 1. The van der Waals surface area contributed by atoms with E-state index in [0.29, 0.717) is 24.5 Å². The van der Waals surface area contributed by atoms with Crippen LogP contribution in [0.25, 0.3) is 0 Å². The average molecular weight is 419 g/mol. The number of methoxy groups -OCH3 is 1. The second kappa shape index (κ2) is 9.59. The predicted octanol–water partition coefficient (Wildman–Crippen LogP) is 2.01.